The Morgan fingerprint density at radius 1 is 1.69 bits per heavy atom. The maximum absolute atomic E-state index is 11.3. The number of carbonyl (C=O) groups is 2. The zero-order valence-corrected chi connectivity index (χ0v) is 7.83. The first-order chi connectivity index (χ1) is 6.99. The fourth-order valence-corrected chi connectivity index (χ4v) is 0.590. The van der Waals surface area contributed by atoms with Gasteiger partial charge in [0.05, 0.1) is 7.79 Å². The number of rotatable bonds is 4. The highest BCUT2D eigenvalue weighted by Crippen LogP contribution is 2.08. The van der Waals surface area contributed by atoms with Crippen LogP contribution in [0, 0.1) is 0 Å². The van der Waals surface area contributed by atoms with E-state index in [9.17, 15) is 9.59 Å². The van der Waals surface area contributed by atoms with E-state index in [0.717, 1.165) is 0 Å². The Bertz CT molecular complexity index is 289. The van der Waals surface area contributed by atoms with E-state index in [1.807, 2.05) is 0 Å². The Labute approximate surface area is 81.2 Å². The Kier molecular flexibility index (Phi) is 2.38. The molecule has 0 aliphatic rings. The average molecular weight is 192 g/mol. The van der Waals surface area contributed by atoms with Crippen molar-refractivity contribution >= 4 is 11.9 Å². The second-order valence-corrected chi connectivity index (χ2v) is 3.52. The molecule has 0 heterocycles. The molecule has 0 aromatic carbocycles. The van der Waals surface area contributed by atoms with E-state index in [0.29, 0.717) is 0 Å². The van der Waals surface area contributed by atoms with Gasteiger partial charge in [-0.25, -0.2) is 0 Å². The summed E-state index contributed by atoms with van der Waals surface area (Å²) in [7, 11) is 0. The van der Waals surface area contributed by atoms with E-state index in [4.69, 9.17) is 14.0 Å². The Morgan fingerprint density at radius 3 is 2.54 bits per heavy atom. The average Bonchev–Trinajstić information content (AvgIpc) is 1.98. The standard InChI is InChI=1S/C8H15NO4/c1-8(2,3)13-6(10)4-5(9)7(11)12/h5H,4,9H2,1-3H3,(H,11,12)/i5D/hD2. The first-order valence-electron chi connectivity index (χ1n) is 5.12. The van der Waals surface area contributed by atoms with Crippen LogP contribution in [0.15, 0.2) is 0 Å². The molecule has 0 aliphatic carbocycles. The van der Waals surface area contributed by atoms with Gasteiger partial charge < -0.3 is 15.6 Å². The molecular formula is C8H15NO4. The van der Waals surface area contributed by atoms with Crippen molar-refractivity contribution in [2.24, 2.45) is 5.72 Å². The molecule has 5 nitrogen and oxygen atoms in total. The van der Waals surface area contributed by atoms with Crippen LogP contribution in [-0.4, -0.2) is 28.7 Å². The molecule has 0 aliphatic heterocycles. The third-order valence-electron chi connectivity index (χ3n) is 0.979. The zero-order chi connectivity index (χ0) is 13.1. The summed E-state index contributed by atoms with van der Waals surface area (Å²) in [5.41, 5.74) is -1.13. The number of carbonyl (C=O) groups excluding carboxylic acids is 1. The quantitative estimate of drug-likeness (QED) is 0.618. The minimum atomic E-state index is -2.65. The first kappa shape index (κ1) is 7.32. The van der Waals surface area contributed by atoms with Crippen molar-refractivity contribution < 1.29 is 23.6 Å². The van der Waals surface area contributed by atoms with Crippen LogP contribution in [0.4, 0.5) is 0 Å². The maximum atomic E-state index is 11.3. The lowest BCUT2D eigenvalue weighted by molar-refractivity contribution is -0.157. The van der Waals surface area contributed by atoms with Gasteiger partial charge in [-0.3, -0.25) is 9.59 Å². The smallest absolute Gasteiger partial charge is 0.321 e. The summed E-state index contributed by atoms with van der Waals surface area (Å²) >= 11 is 0. The van der Waals surface area contributed by atoms with Gasteiger partial charge in [0, 0.05) is 0 Å². The predicted molar refractivity (Wildman–Crippen MR) is 46.1 cm³/mol. The third kappa shape index (κ3) is 6.10. The van der Waals surface area contributed by atoms with Crippen LogP contribution in [0.1, 0.15) is 28.6 Å². The monoisotopic (exact) mass is 192 g/mol. The highest BCUT2D eigenvalue weighted by Gasteiger charge is 2.21. The molecule has 0 radical (unpaired) electrons. The van der Waals surface area contributed by atoms with Crippen molar-refractivity contribution in [1.29, 1.82) is 0 Å². The van der Waals surface area contributed by atoms with Gasteiger partial charge in [0.25, 0.3) is 0 Å². The molecule has 0 bridgehead atoms. The number of nitrogens with two attached hydrogens (primary N) is 1. The number of esters is 1. The topological polar surface area (TPSA) is 89.6 Å². The largest absolute Gasteiger partial charge is 0.480 e. The summed E-state index contributed by atoms with van der Waals surface area (Å²) in [6, 6.07) is -2.65. The molecule has 5 heteroatoms. The van der Waals surface area contributed by atoms with Crippen molar-refractivity contribution in [2.75, 3.05) is 0 Å². The molecule has 0 saturated carbocycles. The molecule has 1 atom stereocenters. The maximum Gasteiger partial charge on any atom is 0.321 e. The first-order valence-corrected chi connectivity index (χ1v) is 3.72. The SMILES string of the molecule is [2H]N([2H])C([2H])(CC(=O)OC(C)(C)C)C(=O)O. The lowest BCUT2D eigenvalue weighted by Crippen LogP contribution is -2.35. The molecule has 0 fully saturated rings. The van der Waals surface area contributed by atoms with Crippen LogP contribution in [0.5, 0.6) is 0 Å². The van der Waals surface area contributed by atoms with Gasteiger partial charge >= 0.3 is 11.9 Å². The number of hydrogen-bond acceptors (Lipinski definition) is 4. The van der Waals surface area contributed by atoms with E-state index < -0.39 is 30.0 Å². The van der Waals surface area contributed by atoms with Crippen molar-refractivity contribution in [3.63, 3.8) is 0 Å². The van der Waals surface area contributed by atoms with Crippen LogP contribution in [0.2, 0.25) is 2.82 Å². The molecule has 13 heavy (non-hydrogen) atoms. The minimum Gasteiger partial charge on any atom is -0.480 e. The van der Waals surface area contributed by atoms with Gasteiger partial charge in [-0.2, -0.15) is 0 Å². The third-order valence-corrected chi connectivity index (χ3v) is 0.979. The Hall–Kier alpha value is -1.10. The van der Waals surface area contributed by atoms with Crippen LogP contribution < -0.4 is 5.72 Å². The van der Waals surface area contributed by atoms with E-state index >= 15 is 0 Å². The molecular weight excluding hydrogens is 174 g/mol. The highest BCUT2D eigenvalue weighted by atomic mass is 16.6. The molecule has 1 unspecified atom stereocenters. The number of carboxylic acids is 1. The second-order valence-electron chi connectivity index (χ2n) is 3.52. The number of ether oxygens (including phenoxy) is 1. The highest BCUT2D eigenvalue weighted by molar-refractivity contribution is 5.81. The Balaban J connectivity index is 4.68. The van der Waals surface area contributed by atoms with Gasteiger partial charge in [-0.15, -0.1) is 0 Å². The summed E-state index contributed by atoms with van der Waals surface area (Å²) in [6.07, 6.45) is -0.882. The fraction of sp³-hybridized carbons (Fsp3) is 0.750. The van der Waals surface area contributed by atoms with Gasteiger partial charge in [-0.05, 0) is 20.8 Å². The Morgan fingerprint density at radius 2 is 2.23 bits per heavy atom. The summed E-state index contributed by atoms with van der Waals surface area (Å²) in [4.78, 5) is 22.0. The molecule has 0 spiro atoms. The lowest BCUT2D eigenvalue weighted by Gasteiger charge is -2.19. The van der Waals surface area contributed by atoms with Crippen LogP contribution in [0.3, 0.4) is 0 Å². The minimum absolute atomic E-state index is 0.334. The van der Waals surface area contributed by atoms with E-state index in [1.54, 1.807) is 20.8 Å². The van der Waals surface area contributed by atoms with Crippen molar-refractivity contribution in [1.82, 2.24) is 0 Å². The van der Waals surface area contributed by atoms with Crippen LogP contribution in [-0.2, 0) is 14.3 Å². The van der Waals surface area contributed by atoms with E-state index in [-0.39, 0.29) is 5.72 Å². The van der Waals surface area contributed by atoms with Gasteiger partial charge in [-0.1, -0.05) is 0 Å². The number of hydrogen-bond donors (Lipinski definition) is 2. The molecule has 0 saturated heterocycles. The summed E-state index contributed by atoms with van der Waals surface area (Å²) in [5, 5.41) is 8.67. The predicted octanol–water partition coefficient (Wildman–Crippen LogP) is 0.130. The van der Waals surface area contributed by atoms with Crippen molar-refractivity contribution in [2.45, 2.75) is 38.8 Å². The summed E-state index contributed by atoms with van der Waals surface area (Å²) < 4.78 is 25.8. The molecule has 0 rings (SSSR count). The lowest BCUT2D eigenvalue weighted by atomic mass is 10.2. The second kappa shape index (κ2) is 4.23. The summed E-state index contributed by atoms with van der Waals surface area (Å²) in [6.45, 7) is 4.78. The molecule has 0 amide bonds. The zero-order valence-electron chi connectivity index (χ0n) is 10.8. The molecule has 0 aromatic rings. The summed E-state index contributed by atoms with van der Waals surface area (Å²) in [5.74, 6) is -2.68. The molecule has 3 N–H and O–H groups in total. The number of carboxylic acid groups (broad SMARTS) is 1. The van der Waals surface area contributed by atoms with Crippen molar-refractivity contribution in [3.05, 3.63) is 0 Å². The number of aliphatic carboxylic acids is 1. The van der Waals surface area contributed by atoms with E-state index in [2.05, 4.69) is 0 Å². The van der Waals surface area contributed by atoms with Gasteiger partial charge in [0.1, 0.15) is 14.4 Å². The molecule has 76 valence electrons. The van der Waals surface area contributed by atoms with Gasteiger partial charge in [0.2, 0.25) is 0 Å². The van der Waals surface area contributed by atoms with Crippen molar-refractivity contribution in [3.8, 4) is 0 Å². The van der Waals surface area contributed by atoms with E-state index in [1.165, 1.54) is 0 Å². The molecule has 0 aromatic heterocycles. The van der Waals surface area contributed by atoms with Crippen LogP contribution >= 0.6 is 0 Å². The normalized spacial score (nSPS) is 19.5. The van der Waals surface area contributed by atoms with Gasteiger partial charge in [0.15, 0.2) is 0 Å². The van der Waals surface area contributed by atoms with Crippen LogP contribution in [0.25, 0.3) is 0 Å². The fourth-order valence-electron chi connectivity index (χ4n) is 0.590.